The summed E-state index contributed by atoms with van der Waals surface area (Å²) >= 11 is 0. The van der Waals surface area contributed by atoms with Crippen LogP contribution in [0.4, 0.5) is 5.69 Å². The molecule has 3 rings (SSSR count). The average molecular weight is 370 g/mol. The van der Waals surface area contributed by atoms with E-state index in [-0.39, 0.29) is 19.3 Å². The maximum Gasteiger partial charge on any atom is 0.355 e. The van der Waals surface area contributed by atoms with E-state index < -0.39 is 5.97 Å². The summed E-state index contributed by atoms with van der Waals surface area (Å²) in [5.74, 6) is 0.457. The zero-order valence-corrected chi connectivity index (χ0v) is 15.6. The minimum absolute atomic E-state index is 0.165. The predicted molar refractivity (Wildman–Crippen MR) is 101 cm³/mol. The number of nitrogens with one attached hydrogen (secondary N) is 1. The van der Waals surface area contributed by atoms with Gasteiger partial charge in [0.25, 0.3) is 5.91 Å². The third-order valence-electron chi connectivity index (χ3n) is 4.40. The first kappa shape index (κ1) is 18.6. The van der Waals surface area contributed by atoms with Crippen LogP contribution in [-0.4, -0.2) is 29.8 Å². The summed E-state index contributed by atoms with van der Waals surface area (Å²) in [5.41, 5.74) is 2.64. The van der Waals surface area contributed by atoms with Gasteiger partial charge in [-0.1, -0.05) is 6.08 Å². The average Bonchev–Trinajstić information content (AvgIpc) is 3.18. The molecular weight excluding hydrogens is 348 g/mol. The van der Waals surface area contributed by atoms with Crippen molar-refractivity contribution in [1.29, 1.82) is 0 Å². The van der Waals surface area contributed by atoms with Crippen LogP contribution in [0.1, 0.15) is 39.0 Å². The van der Waals surface area contributed by atoms with Crippen LogP contribution >= 0.6 is 0 Å². The number of fused-ring (bicyclic) bond motifs is 1. The summed E-state index contributed by atoms with van der Waals surface area (Å²) in [5, 5.41) is 2.86. The molecule has 142 valence electrons. The Bertz CT molecular complexity index is 914. The molecule has 0 fully saturated rings. The number of esters is 1. The summed E-state index contributed by atoms with van der Waals surface area (Å²) in [6.45, 7) is 9.84. The number of hydrogen-bond acceptors (Lipinski definition) is 5. The molecule has 0 saturated carbocycles. The molecule has 0 saturated heterocycles. The zero-order valence-electron chi connectivity index (χ0n) is 15.6. The number of amides is 1. The fourth-order valence-corrected chi connectivity index (χ4v) is 3.22. The van der Waals surface area contributed by atoms with Crippen LogP contribution in [0, 0.1) is 13.8 Å². The molecule has 7 nitrogen and oxygen atoms in total. The van der Waals surface area contributed by atoms with Crippen LogP contribution < -0.4 is 14.8 Å². The number of ether oxygens (including phenoxy) is 3. The monoisotopic (exact) mass is 370 g/mol. The van der Waals surface area contributed by atoms with Crippen LogP contribution in [0.15, 0.2) is 30.9 Å². The molecule has 0 aliphatic carbocycles. The minimum Gasteiger partial charge on any atom is -0.461 e. The van der Waals surface area contributed by atoms with Gasteiger partial charge in [-0.25, -0.2) is 4.79 Å². The van der Waals surface area contributed by atoms with E-state index in [4.69, 9.17) is 14.2 Å². The fourth-order valence-electron chi connectivity index (χ4n) is 3.22. The summed E-state index contributed by atoms with van der Waals surface area (Å²) in [6, 6.07) is 5.19. The molecule has 2 heterocycles. The molecule has 1 aliphatic heterocycles. The topological polar surface area (TPSA) is 78.8 Å². The van der Waals surface area contributed by atoms with Crippen molar-refractivity contribution in [3.05, 3.63) is 53.4 Å². The summed E-state index contributed by atoms with van der Waals surface area (Å²) < 4.78 is 17.5. The van der Waals surface area contributed by atoms with Gasteiger partial charge in [0.2, 0.25) is 6.79 Å². The number of hydrogen-bond donors (Lipinski definition) is 1. The Morgan fingerprint density at radius 2 is 2.04 bits per heavy atom. The second-order valence-corrected chi connectivity index (χ2v) is 6.08. The number of benzene rings is 1. The zero-order chi connectivity index (χ0) is 19.6. The Balaban J connectivity index is 1.95. The number of rotatable bonds is 6. The van der Waals surface area contributed by atoms with Crippen LogP contribution in [0.3, 0.4) is 0 Å². The molecule has 0 radical (unpaired) electrons. The van der Waals surface area contributed by atoms with Gasteiger partial charge in [-0.15, -0.1) is 6.58 Å². The molecule has 1 amide bonds. The van der Waals surface area contributed by atoms with Gasteiger partial charge in [-0.2, -0.15) is 0 Å². The van der Waals surface area contributed by atoms with E-state index >= 15 is 0 Å². The van der Waals surface area contributed by atoms with Crippen molar-refractivity contribution in [2.45, 2.75) is 27.3 Å². The minimum atomic E-state index is -0.456. The lowest BCUT2D eigenvalue weighted by molar-refractivity contribution is 0.0513. The van der Waals surface area contributed by atoms with Crippen molar-refractivity contribution in [1.82, 2.24) is 4.57 Å². The van der Waals surface area contributed by atoms with Gasteiger partial charge >= 0.3 is 5.97 Å². The maximum absolute atomic E-state index is 12.9. The van der Waals surface area contributed by atoms with E-state index in [1.807, 2.05) is 0 Å². The smallest absolute Gasteiger partial charge is 0.355 e. The van der Waals surface area contributed by atoms with Crippen LogP contribution in [-0.2, 0) is 11.3 Å². The first-order valence-corrected chi connectivity index (χ1v) is 8.66. The SMILES string of the molecule is C=CCn1c(C)c(C(=O)Nc2ccc3c(c2)OCO3)c(C)c1C(=O)OCC. The Kier molecular flexibility index (Phi) is 5.21. The van der Waals surface area contributed by atoms with E-state index in [1.54, 1.807) is 49.6 Å². The highest BCUT2D eigenvalue weighted by Gasteiger charge is 2.27. The molecule has 7 heteroatoms. The summed E-state index contributed by atoms with van der Waals surface area (Å²) in [6.07, 6.45) is 1.68. The first-order chi connectivity index (χ1) is 13.0. The van der Waals surface area contributed by atoms with Gasteiger partial charge in [-0.05, 0) is 38.5 Å². The standard InChI is InChI=1S/C20H22N2O5/c1-5-9-22-13(4)17(12(3)18(22)20(24)25-6-2)19(23)21-14-7-8-15-16(10-14)27-11-26-15/h5,7-8,10H,1,6,9,11H2,2-4H3,(H,21,23). The van der Waals surface area contributed by atoms with Crippen LogP contribution in [0.2, 0.25) is 0 Å². The number of nitrogens with zero attached hydrogens (tertiary/aromatic N) is 1. The Hall–Kier alpha value is -3.22. The second-order valence-electron chi connectivity index (χ2n) is 6.08. The van der Waals surface area contributed by atoms with Gasteiger partial charge in [0.15, 0.2) is 11.5 Å². The number of allylic oxidation sites excluding steroid dienone is 1. The predicted octanol–water partition coefficient (Wildman–Crippen LogP) is 3.45. The third kappa shape index (κ3) is 3.40. The number of carbonyl (C=O) groups excluding carboxylic acids is 2. The quantitative estimate of drug-likeness (QED) is 0.622. The van der Waals surface area contributed by atoms with Crippen LogP contribution in [0.25, 0.3) is 0 Å². The van der Waals surface area contributed by atoms with Crippen molar-refractivity contribution in [2.24, 2.45) is 0 Å². The van der Waals surface area contributed by atoms with Gasteiger partial charge in [0, 0.05) is 24.0 Å². The molecule has 0 bridgehead atoms. The molecule has 0 atom stereocenters. The molecule has 2 aromatic rings. The molecule has 1 aliphatic rings. The Morgan fingerprint density at radius 1 is 1.30 bits per heavy atom. The Labute approximate surface area is 157 Å². The molecule has 27 heavy (non-hydrogen) atoms. The van der Waals surface area contributed by atoms with E-state index in [2.05, 4.69) is 11.9 Å². The maximum atomic E-state index is 12.9. The van der Waals surface area contributed by atoms with Crippen molar-refractivity contribution in [3.63, 3.8) is 0 Å². The van der Waals surface area contributed by atoms with Crippen LogP contribution in [0.5, 0.6) is 11.5 Å². The third-order valence-corrected chi connectivity index (χ3v) is 4.40. The molecule has 0 spiro atoms. The van der Waals surface area contributed by atoms with E-state index in [1.165, 1.54) is 0 Å². The van der Waals surface area contributed by atoms with Crippen molar-refractivity contribution >= 4 is 17.6 Å². The van der Waals surface area contributed by atoms with Gasteiger partial charge in [0.05, 0.1) is 12.2 Å². The fraction of sp³-hybridized carbons (Fsp3) is 0.300. The molecule has 1 aromatic heterocycles. The first-order valence-electron chi connectivity index (χ1n) is 8.66. The van der Waals surface area contributed by atoms with E-state index in [0.29, 0.717) is 46.2 Å². The molecule has 1 aromatic carbocycles. The lowest BCUT2D eigenvalue weighted by Gasteiger charge is -2.09. The lowest BCUT2D eigenvalue weighted by atomic mass is 10.1. The number of aromatic nitrogens is 1. The van der Waals surface area contributed by atoms with Gasteiger partial charge in [-0.3, -0.25) is 4.79 Å². The van der Waals surface area contributed by atoms with Crippen molar-refractivity contribution < 1.29 is 23.8 Å². The van der Waals surface area contributed by atoms with Gasteiger partial charge in [0.1, 0.15) is 5.69 Å². The second kappa shape index (κ2) is 7.57. The van der Waals surface area contributed by atoms with Gasteiger partial charge < -0.3 is 24.1 Å². The summed E-state index contributed by atoms with van der Waals surface area (Å²) in [4.78, 5) is 25.3. The van der Waals surface area contributed by atoms with E-state index in [0.717, 1.165) is 0 Å². The summed E-state index contributed by atoms with van der Waals surface area (Å²) in [7, 11) is 0. The number of carbonyl (C=O) groups is 2. The number of anilines is 1. The molecular formula is C20H22N2O5. The largest absolute Gasteiger partial charge is 0.461 e. The van der Waals surface area contributed by atoms with Crippen molar-refractivity contribution in [3.8, 4) is 11.5 Å². The Morgan fingerprint density at radius 3 is 2.74 bits per heavy atom. The highest BCUT2D eigenvalue weighted by Crippen LogP contribution is 2.34. The lowest BCUT2D eigenvalue weighted by Crippen LogP contribution is -2.14. The molecule has 0 unspecified atom stereocenters. The normalized spacial score (nSPS) is 12.0. The van der Waals surface area contributed by atoms with Crippen molar-refractivity contribution in [2.75, 3.05) is 18.7 Å². The van der Waals surface area contributed by atoms with E-state index in [9.17, 15) is 9.59 Å². The molecule has 1 N–H and O–H groups in total. The highest BCUT2D eigenvalue weighted by atomic mass is 16.7. The highest BCUT2D eigenvalue weighted by molar-refractivity contribution is 6.08.